The number of hydrogen-bond donors (Lipinski definition) is 1. The number of pyridine rings is 3. The molecule has 0 spiro atoms. The summed E-state index contributed by atoms with van der Waals surface area (Å²) in [6, 6.07) is 11.7. The molecule has 0 aliphatic heterocycles. The van der Waals surface area contributed by atoms with Crippen molar-refractivity contribution in [3.05, 3.63) is 72.3 Å². The van der Waals surface area contributed by atoms with Crippen LogP contribution in [-0.2, 0) is 10.0 Å². The number of amides is 1. The van der Waals surface area contributed by atoms with Crippen LogP contribution in [0.4, 0.5) is 5.82 Å². The topological polar surface area (TPSA) is 133 Å². The standard InChI is InChI=1S/C22H19N7O3S/c1-3-28(20-6-4-15(11-23)12-25-20)22(30)16-8-9-29-19(10-16)18(14-27-29)17-5-7-21(26-13-17)33(31,32)24-2/h4-10,12-14,24H,3H2,1-2H3. The van der Waals surface area contributed by atoms with Crippen molar-refractivity contribution in [2.45, 2.75) is 11.9 Å². The number of anilines is 1. The molecule has 0 aliphatic carbocycles. The van der Waals surface area contributed by atoms with Crippen LogP contribution in [0.2, 0.25) is 0 Å². The van der Waals surface area contributed by atoms with Gasteiger partial charge in [-0.05, 0) is 50.4 Å². The van der Waals surface area contributed by atoms with Crippen molar-refractivity contribution in [2.24, 2.45) is 0 Å². The van der Waals surface area contributed by atoms with Gasteiger partial charge in [-0.15, -0.1) is 0 Å². The van der Waals surface area contributed by atoms with Crippen molar-refractivity contribution >= 4 is 27.3 Å². The number of sulfonamides is 1. The lowest BCUT2D eigenvalue weighted by Gasteiger charge is -2.20. The van der Waals surface area contributed by atoms with Gasteiger partial charge in [-0.25, -0.2) is 27.6 Å². The van der Waals surface area contributed by atoms with Crippen molar-refractivity contribution < 1.29 is 13.2 Å². The molecule has 11 heteroatoms. The second kappa shape index (κ2) is 8.78. The molecule has 0 atom stereocenters. The first-order valence-corrected chi connectivity index (χ1v) is 11.4. The first kappa shape index (κ1) is 22.1. The Morgan fingerprint density at radius 3 is 2.58 bits per heavy atom. The third-order valence-electron chi connectivity index (χ3n) is 5.07. The summed E-state index contributed by atoms with van der Waals surface area (Å²) in [6.45, 7) is 2.23. The van der Waals surface area contributed by atoms with Crippen LogP contribution in [0.15, 0.2) is 66.2 Å². The second-order valence-corrected chi connectivity index (χ2v) is 8.80. The predicted molar refractivity (Wildman–Crippen MR) is 121 cm³/mol. The molecular formula is C22H19N7O3S. The fourth-order valence-electron chi connectivity index (χ4n) is 3.32. The first-order chi connectivity index (χ1) is 15.9. The van der Waals surface area contributed by atoms with Crippen molar-refractivity contribution in [1.82, 2.24) is 24.3 Å². The van der Waals surface area contributed by atoms with E-state index in [1.54, 1.807) is 47.2 Å². The van der Waals surface area contributed by atoms with E-state index in [9.17, 15) is 13.2 Å². The van der Waals surface area contributed by atoms with Crippen molar-refractivity contribution in [1.29, 1.82) is 5.26 Å². The number of rotatable bonds is 6. The summed E-state index contributed by atoms with van der Waals surface area (Å²) in [5, 5.41) is 13.2. The van der Waals surface area contributed by atoms with Crippen LogP contribution in [0.1, 0.15) is 22.8 Å². The molecule has 0 radical (unpaired) electrons. The lowest BCUT2D eigenvalue weighted by Crippen LogP contribution is -2.31. The molecule has 1 amide bonds. The van der Waals surface area contributed by atoms with Gasteiger partial charge in [0.05, 0.1) is 17.3 Å². The normalized spacial score (nSPS) is 11.3. The quantitative estimate of drug-likeness (QED) is 0.465. The van der Waals surface area contributed by atoms with Gasteiger partial charge < -0.3 is 0 Å². The number of carbonyl (C=O) groups is 1. The average Bonchev–Trinajstić information content (AvgIpc) is 3.28. The zero-order valence-corrected chi connectivity index (χ0v) is 18.6. The Kier molecular flexibility index (Phi) is 5.87. The van der Waals surface area contributed by atoms with Gasteiger partial charge in [-0.3, -0.25) is 9.69 Å². The van der Waals surface area contributed by atoms with Crippen molar-refractivity contribution in [3.8, 4) is 17.2 Å². The zero-order valence-electron chi connectivity index (χ0n) is 17.8. The Morgan fingerprint density at radius 2 is 1.97 bits per heavy atom. The number of fused-ring (bicyclic) bond motifs is 1. The largest absolute Gasteiger partial charge is 0.293 e. The first-order valence-electron chi connectivity index (χ1n) is 9.93. The summed E-state index contributed by atoms with van der Waals surface area (Å²) in [6.07, 6.45) is 6.19. The summed E-state index contributed by atoms with van der Waals surface area (Å²) in [4.78, 5) is 23.0. The van der Waals surface area contributed by atoms with E-state index in [0.717, 1.165) is 0 Å². The zero-order chi connectivity index (χ0) is 23.6. The molecule has 4 aromatic heterocycles. The van der Waals surface area contributed by atoms with Gasteiger partial charge in [0.25, 0.3) is 15.9 Å². The number of carbonyl (C=O) groups excluding carboxylic acids is 1. The molecular weight excluding hydrogens is 442 g/mol. The number of nitrogens with one attached hydrogen (secondary N) is 1. The highest BCUT2D eigenvalue weighted by Gasteiger charge is 2.19. The lowest BCUT2D eigenvalue weighted by atomic mass is 10.1. The molecule has 4 aromatic rings. The molecule has 0 saturated heterocycles. The van der Waals surface area contributed by atoms with E-state index in [0.29, 0.717) is 40.1 Å². The number of aromatic nitrogens is 4. The fraction of sp³-hybridized carbons (Fsp3) is 0.136. The van der Waals surface area contributed by atoms with Gasteiger partial charge in [-0.1, -0.05) is 0 Å². The Morgan fingerprint density at radius 1 is 1.15 bits per heavy atom. The highest BCUT2D eigenvalue weighted by atomic mass is 32.2. The van der Waals surface area contributed by atoms with Gasteiger partial charge >= 0.3 is 0 Å². The van der Waals surface area contributed by atoms with E-state index in [2.05, 4.69) is 19.8 Å². The van der Waals surface area contributed by atoms with Crippen LogP contribution in [0, 0.1) is 11.3 Å². The van der Waals surface area contributed by atoms with E-state index < -0.39 is 10.0 Å². The molecule has 4 rings (SSSR count). The molecule has 33 heavy (non-hydrogen) atoms. The molecule has 0 unspecified atom stereocenters. The van der Waals surface area contributed by atoms with Crippen molar-refractivity contribution in [3.63, 3.8) is 0 Å². The molecule has 10 nitrogen and oxygen atoms in total. The van der Waals surface area contributed by atoms with E-state index in [4.69, 9.17) is 5.26 Å². The van der Waals surface area contributed by atoms with Gasteiger partial charge in [0.2, 0.25) is 0 Å². The Bertz CT molecular complexity index is 1470. The minimum Gasteiger partial charge on any atom is -0.293 e. The molecule has 1 N–H and O–H groups in total. The Labute approximate surface area is 190 Å². The summed E-state index contributed by atoms with van der Waals surface area (Å²) in [5.74, 6) is 0.193. The lowest BCUT2D eigenvalue weighted by molar-refractivity contribution is 0.0987. The third-order valence-corrected chi connectivity index (χ3v) is 6.40. The van der Waals surface area contributed by atoms with Gasteiger partial charge in [-0.2, -0.15) is 10.4 Å². The predicted octanol–water partition coefficient (Wildman–Crippen LogP) is 2.24. The number of nitrogens with zero attached hydrogens (tertiary/aromatic N) is 6. The summed E-state index contributed by atoms with van der Waals surface area (Å²) in [5.41, 5.74) is 2.86. The highest BCUT2D eigenvalue weighted by molar-refractivity contribution is 7.89. The number of hydrogen-bond acceptors (Lipinski definition) is 7. The maximum Gasteiger partial charge on any atom is 0.259 e. The van der Waals surface area contributed by atoms with E-state index in [1.165, 1.54) is 30.4 Å². The monoisotopic (exact) mass is 461 g/mol. The Hall–Kier alpha value is -4.14. The second-order valence-electron chi connectivity index (χ2n) is 6.96. The van der Waals surface area contributed by atoms with Crippen LogP contribution in [0.25, 0.3) is 16.6 Å². The molecule has 0 aliphatic rings. The number of nitriles is 1. The smallest absolute Gasteiger partial charge is 0.259 e. The summed E-state index contributed by atoms with van der Waals surface area (Å²) < 4.78 is 27.7. The summed E-state index contributed by atoms with van der Waals surface area (Å²) >= 11 is 0. The average molecular weight is 462 g/mol. The Balaban J connectivity index is 1.70. The van der Waals surface area contributed by atoms with Crippen LogP contribution < -0.4 is 9.62 Å². The maximum absolute atomic E-state index is 13.2. The molecule has 0 fully saturated rings. The minimum absolute atomic E-state index is 0.0883. The van der Waals surface area contributed by atoms with E-state index in [-0.39, 0.29) is 10.9 Å². The van der Waals surface area contributed by atoms with Crippen LogP contribution in [-0.4, -0.2) is 47.5 Å². The molecule has 166 valence electrons. The molecule has 0 saturated carbocycles. The molecule has 4 heterocycles. The van der Waals surface area contributed by atoms with E-state index >= 15 is 0 Å². The van der Waals surface area contributed by atoms with Crippen molar-refractivity contribution in [2.75, 3.05) is 18.5 Å². The SMILES string of the molecule is CCN(C(=O)c1ccn2ncc(-c3ccc(S(=O)(=O)NC)nc3)c2c1)c1ccc(C#N)cn1. The van der Waals surface area contributed by atoms with Crippen LogP contribution >= 0.6 is 0 Å². The third kappa shape index (κ3) is 4.17. The van der Waals surface area contributed by atoms with Gasteiger partial charge in [0, 0.05) is 41.8 Å². The highest BCUT2D eigenvalue weighted by Crippen LogP contribution is 2.26. The molecule has 0 aromatic carbocycles. The van der Waals surface area contributed by atoms with Crippen LogP contribution in [0.5, 0.6) is 0 Å². The molecule has 0 bridgehead atoms. The maximum atomic E-state index is 13.2. The van der Waals surface area contributed by atoms with E-state index in [1.807, 2.05) is 13.0 Å². The summed E-state index contributed by atoms with van der Waals surface area (Å²) in [7, 11) is -2.32. The fourth-order valence-corrected chi connectivity index (χ4v) is 3.96. The van der Waals surface area contributed by atoms with Crippen LogP contribution in [0.3, 0.4) is 0 Å². The van der Waals surface area contributed by atoms with Gasteiger partial charge in [0.15, 0.2) is 5.03 Å². The van der Waals surface area contributed by atoms with Gasteiger partial charge in [0.1, 0.15) is 11.9 Å². The minimum atomic E-state index is -3.64.